The van der Waals surface area contributed by atoms with Crippen molar-refractivity contribution in [2.24, 2.45) is 11.8 Å². The van der Waals surface area contributed by atoms with Crippen LogP contribution >= 0.6 is 0 Å². The number of rotatable bonds is 5. The molecule has 1 aliphatic rings. The second-order valence-corrected chi connectivity index (χ2v) is 4.41. The van der Waals surface area contributed by atoms with Gasteiger partial charge >= 0.3 is 0 Å². The lowest BCUT2D eigenvalue weighted by atomic mass is 9.76. The molecule has 1 atom stereocenters. The van der Waals surface area contributed by atoms with E-state index in [4.69, 9.17) is 4.74 Å². The first kappa shape index (κ1) is 11.3. The summed E-state index contributed by atoms with van der Waals surface area (Å²) in [6.45, 7) is 0.650. The van der Waals surface area contributed by atoms with Crippen LogP contribution in [0.3, 0.4) is 0 Å². The number of hydrogen-bond acceptors (Lipinski definition) is 3. The van der Waals surface area contributed by atoms with Gasteiger partial charge in [0.2, 0.25) is 0 Å². The Morgan fingerprint density at radius 1 is 1.31 bits per heavy atom. The molecular formula is C13H18O3. The Bertz CT molecular complexity index is 334. The van der Waals surface area contributed by atoms with Gasteiger partial charge in [-0.05, 0) is 30.9 Å². The molecule has 0 radical (unpaired) electrons. The molecule has 88 valence electrons. The summed E-state index contributed by atoms with van der Waals surface area (Å²) in [5, 5.41) is 18.8. The predicted octanol–water partition coefficient (Wildman–Crippen LogP) is 2.18. The van der Waals surface area contributed by atoms with E-state index in [2.05, 4.69) is 0 Å². The van der Waals surface area contributed by atoms with Gasteiger partial charge in [-0.1, -0.05) is 18.6 Å². The van der Waals surface area contributed by atoms with Gasteiger partial charge in [-0.25, -0.2) is 0 Å². The van der Waals surface area contributed by atoms with Crippen molar-refractivity contribution in [1.82, 2.24) is 0 Å². The lowest BCUT2D eigenvalue weighted by Gasteiger charge is -2.32. The highest BCUT2D eigenvalue weighted by atomic mass is 16.5. The van der Waals surface area contributed by atoms with E-state index in [0.717, 1.165) is 0 Å². The number of benzene rings is 1. The SMILES string of the molecule is OCC(COc1ccccc1O)C1CCC1. The van der Waals surface area contributed by atoms with Crippen molar-refractivity contribution in [3.63, 3.8) is 0 Å². The molecule has 0 spiro atoms. The fourth-order valence-corrected chi connectivity index (χ4v) is 2.03. The Morgan fingerprint density at radius 3 is 2.62 bits per heavy atom. The third-order valence-corrected chi connectivity index (χ3v) is 3.37. The zero-order valence-electron chi connectivity index (χ0n) is 9.30. The van der Waals surface area contributed by atoms with Crippen LogP contribution in [-0.2, 0) is 0 Å². The summed E-state index contributed by atoms with van der Waals surface area (Å²) in [4.78, 5) is 0. The zero-order chi connectivity index (χ0) is 11.4. The van der Waals surface area contributed by atoms with Crippen molar-refractivity contribution >= 4 is 0 Å². The number of phenols is 1. The molecule has 0 amide bonds. The molecule has 2 rings (SSSR count). The highest BCUT2D eigenvalue weighted by molar-refractivity contribution is 5.37. The maximum absolute atomic E-state index is 9.52. The van der Waals surface area contributed by atoms with E-state index < -0.39 is 0 Å². The van der Waals surface area contributed by atoms with E-state index in [1.807, 2.05) is 6.07 Å². The topological polar surface area (TPSA) is 49.7 Å². The predicted molar refractivity (Wildman–Crippen MR) is 61.5 cm³/mol. The normalized spacial score (nSPS) is 17.8. The van der Waals surface area contributed by atoms with Crippen LogP contribution in [0.2, 0.25) is 0 Å². The van der Waals surface area contributed by atoms with E-state index in [-0.39, 0.29) is 18.3 Å². The van der Waals surface area contributed by atoms with Crippen molar-refractivity contribution in [3.05, 3.63) is 24.3 Å². The Labute approximate surface area is 95.7 Å². The summed E-state index contributed by atoms with van der Waals surface area (Å²) in [6, 6.07) is 6.93. The largest absolute Gasteiger partial charge is 0.504 e. The van der Waals surface area contributed by atoms with Gasteiger partial charge in [-0.2, -0.15) is 0 Å². The number of ether oxygens (including phenoxy) is 1. The third kappa shape index (κ3) is 2.47. The van der Waals surface area contributed by atoms with Gasteiger partial charge < -0.3 is 14.9 Å². The van der Waals surface area contributed by atoms with Crippen LogP contribution in [0.4, 0.5) is 0 Å². The summed E-state index contributed by atoms with van der Waals surface area (Å²) in [6.07, 6.45) is 3.64. The Kier molecular flexibility index (Phi) is 3.67. The van der Waals surface area contributed by atoms with Gasteiger partial charge in [-0.3, -0.25) is 0 Å². The molecular weight excluding hydrogens is 204 g/mol. The number of para-hydroxylation sites is 2. The summed E-state index contributed by atoms with van der Waals surface area (Å²) in [7, 11) is 0. The Balaban J connectivity index is 1.88. The second kappa shape index (κ2) is 5.21. The van der Waals surface area contributed by atoms with Crippen molar-refractivity contribution in [1.29, 1.82) is 0 Å². The first-order valence-corrected chi connectivity index (χ1v) is 5.83. The maximum atomic E-state index is 9.52. The highest BCUT2D eigenvalue weighted by Gasteiger charge is 2.27. The molecule has 0 aliphatic heterocycles. The molecule has 1 aromatic carbocycles. The minimum absolute atomic E-state index is 0.160. The number of aliphatic hydroxyl groups is 1. The highest BCUT2D eigenvalue weighted by Crippen LogP contribution is 2.34. The fraction of sp³-hybridized carbons (Fsp3) is 0.538. The van der Waals surface area contributed by atoms with E-state index in [1.54, 1.807) is 18.2 Å². The molecule has 2 N–H and O–H groups in total. The van der Waals surface area contributed by atoms with Crippen molar-refractivity contribution < 1.29 is 14.9 Å². The van der Waals surface area contributed by atoms with Gasteiger partial charge in [0.25, 0.3) is 0 Å². The van der Waals surface area contributed by atoms with Crippen molar-refractivity contribution in [2.75, 3.05) is 13.2 Å². The van der Waals surface area contributed by atoms with Crippen LogP contribution in [-0.4, -0.2) is 23.4 Å². The molecule has 0 aromatic heterocycles. The number of hydrogen-bond donors (Lipinski definition) is 2. The first-order chi connectivity index (χ1) is 7.81. The Hall–Kier alpha value is -1.22. The quantitative estimate of drug-likeness (QED) is 0.802. The molecule has 1 unspecified atom stereocenters. The van der Waals surface area contributed by atoms with Crippen LogP contribution in [0.25, 0.3) is 0 Å². The molecule has 3 heteroatoms. The van der Waals surface area contributed by atoms with E-state index >= 15 is 0 Å². The van der Waals surface area contributed by atoms with E-state index in [0.29, 0.717) is 18.3 Å². The van der Waals surface area contributed by atoms with Gasteiger partial charge in [-0.15, -0.1) is 0 Å². The van der Waals surface area contributed by atoms with Crippen LogP contribution < -0.4 is 4.74 Å². The zero-order valence-corrected chi connectivity index (χ0v) is 9.30. The molecule has 0 bridgehead atoms. The monoisotopic (exact) mass is 222 g/mol. The molecule has 3 nitrogen and oxygen atoms in total. The summed E-state index contributed by atoms with van der Waals surface area (Å²) in [5.74, 6) is 1.46. The Morgan fingerprint density at radius 2 is 2.06 bits per heavy atom. The van der Waals surface area contributed by atoms with Gasteiger partial charge in [0.05, 0.1) is 6.61 Å². The minimum atomic E-state index is 0.160. The maximum Gasteiger partial charge on any atom is 0.160 e. The van der Waals surface area contributed by atoms with Gasteiger partial charge in [0.15, 0.2) is 11.5 Å². The fourth-order valence-electron chi connectivity index (χ4n) is 2.03. The average molecular weight is 222 g/mol. The van der Waals surface area contributed by atoms with E-state index in [9.17, 15) is 10.2 Å². The smallest absolute Gasteiger partial charge is 0.160 e. The third-order valence-electron chi connectivity index (χ3n) is 3.37. The van der Waals surface area contributed by atoms with Gasteiger partial charge in [0, 0.05) is 12.5 Å². The molecule has 0 saturated heterocycles. The number of aromatic hydroxyl groups is 1. The second-order valence-electron chi connectivity index (χ2n) is 4.41. The lowest BCUT2D eigenvalue weighted by molar-refractivity contribution is 0.0785. The number of aliphatic hydroxyl groups excluding tert-OH is 1. The van der Waals surface area contributed by atoms with Crippen molar-refractivity contribution in [3.8, 4) is 11.5 Å². The lowest BCUT2D eigenvalue weighted by Crippen LogP contribution is -2.29. The van der Waals surface area contributed by atoms with Crippen molar-refractivity contribution in [2.45, 2.75) is 19.3 Å². The van der Waals surface area contributed by atoms with E-state index in [1.165, 1.54) is 19.3 Å². The summed E-state index contributed by atoms with van der Waals surface area (Å²) >= 11 is 0. The summed E-state index contributed by atoms with van der Waals surface area (Å²) in [5.41, 5.74) is 0. The number of phenolic OH excluding ortho intramolecular Hbond substituents is 1. The molecule has 1 aliphatic carbocycles. The molecule has 1 fully saturated rings. The van der Waals surface area contributed by atoms with Crippen LogP contribution in [0.1, 0.15) is 19.3 Å². The van der Waals surface area contributed by atoms with Crippen LogP contribution in [0.15, 0.2) is 24.3 Å². The standard InChI is InChI=1S/C13H18O3/c14-8-11(10-4-3-5-10)9-16-13-7-2-1-6-12(13)15/h1-2,6-7,10-11,14-15H,3-5,8-9H2. The average Bonchev–Trinajstić information content (AvgIpc) is 2.23. The van der Waals surface area contributed by atoms with Crippen LogP contribution in [0, 0.1) is 11.8 Å². The molecule has 1 aromatic rings. The van der Waals surface area contributed by atoms with Crippen LogP contribution in [0.5, 0.6) is 11.5 Å². The van der Waals surface area contributed by atoms with Gasteiger partial charge in [0.1, 0.15) is 0 Å². The first-order valence-electron chi connectivity index (χ1n) is 5.83. The molecule has 1 saturated carbocycles. The molecule has 0 heterocycles. The summed E-state index contributed by atoms with van der Waals surface area (Å²) < 4.78 is 5.54. The molecule has 16 heavy (non-hydrogen) atoms. The minimum Gasteiger partial charge on any atom is -0.504 e.